The standard InChI is InChI=1S/C22H28N4O3/c1-13-10-22(11-23-12-22)8-7-18(13)29-14-3-4-15-17(9-14)26(2)25-20(15)16-5-6-19(27)24-21(16)28/h3-4,9,13,16,18,23H,5-8,10-12H2,1-2H3,(H,24,27,28)/t13-,16?,18+/m0/s1. The van der Waals surface area contributed by atoms with E-state index in [1.807, 2.05) is 25.2 Å². The van der Waals surface area contributed by atoms with Crippen LogP contribution in [0.3, 0.4) is 0 Å². The number of amides is 2. The number of aromatic nitrogens is 2. The summed E-state index contributed by atoms with van der Waals surface area (Å²) in [6.07, 6.45) is 4.63. The average molecular weight is 396 g/mol. The van der Waals surface area contributed by atoms with Crippen molar-refractivity contribution in [1.29, 1.82) is 0 Å². The lowest BCUT2D eigenvalue weighted by Crippen LogP contribution is -2.57. The highest BCUT2D eigenvalue weighted by Crippen LogP contribution is 2.43. The molecular formula is C22H28N4O3. The minimum absolute atomic E-state index is 0.205. The maximum atomic E-state index is 12.3. The first-order chi connectivity index (χ1) is 13.9. The van der Waals surface area contributed by atoms with Crippen LogP contribution in [-0.4, -0.2) is 40.8 Å². The molecule has 0 radical (unpaired) electrons. The zero-order valence-corrected chi connectivity index (χ0v) is 17.0. The minimum atomic E-state index is -0.381. The van der Waals surface area contributed by atoms with Crippen LogP contribution in [0.25, 0.3) is 10.9 Å². The van der Waals surface area contributed by atoms with E-state index < -0.39 is 0 Å². The number of ether oxygens (including phenoxy) is 1. The zero-order chi connectivity index (χ0) is 20.2. The molecule has 7 heteroatoms. The molecule has 3 fully saturated rings. The number of piperidine rings is 1. The molecule has 0 bridgehead atoms. The van der Waals surface area contributed by atoms with Gasteiger partial charge in [-0.05, 0) is 49.1 Å². The molecular weight excluding hydrogens is 368 g/mol. The second-order valence-electron chi connectivity index (χ2n) is 9.17. The number of rotatable bonds is 3. The average Bonchev–Trinajstić information content (AvgIpc) is 2.98. The monoisotopic (exact) mass is 396 g/mol. The number of imide groups is 1. The third-order valence-electron chi connectivity index (χ3n) is 7.06. The molecule has 1 aliphatic carbocycles. The fourth-order valence-corrected chi connectivity index (χ4v) is 5.35. The maximum Gasteiger partial charge on any atom is 0.235 e. The van der Waals surface area contributed by atoms with E-state index >= 15 is 0 Å². The molecule has 29 heavy (non-hydrogen) atoms. The van der Waals surface area contributed by atoms with Gasteiger partial charge in [-0.2, -0.15) is 5.10 Å². The molecule has 2 aromatic rings. The first kappa shape index (κ1) is 18.6. The molecule has 1 aromatic carbocycles. The zero-order valence-electron chi connectivity index (χ0n) is 17.0. The number of hydrogen-bond donors (Lipinski definition) is 2. The lowest BCUT2D eigenvalue weighted by Gasteiger charge is -2.49. The van der Waals surface area contributed by atoms with E-state index in [0.29, 0.717) is 24.2 Å². The fourth-order valence-electron chi connectivity index (χ4n) is 5.35. The van der Waals surface area contributed by atoms with E-state index in [4.69, 9.17) is 4.74 Å². The predicted molar refractivity (Wildman–Crippen MR) is 109 cm³/mol. The van der Waals surface area contributed by atoms with Crippen molar-refractivity contribution >= 4 is 22.7 Å². The Labute approximate surface area is 170 Å². The Morgan fingerprint density at radius 2 is 2.07 bits per heavy atom. The lowest BCUT2D eigenvalue weighted by molar-refractivity contribution is -0.134. The molecule has 1 aromatic heterocycles. The quantitative estimate of drug-likeness (QED) is 0.778. The Balaban J connectivity index is 1.36. The second-order valence-corrected chi connectivity index (χ2v) is 9.17. The molecule has 3 aliphatic rings. The molecule has 3 atom stereocenters. The van der Waals surface area contributed by atoms with Gasteiger partial charge in [-0.15, -0.1) is 0 Å². The van der Waals surface area contributed by atoms with Gasteiger partial charge in [0.2, 0.25) is 11.8 Å². The summed E-state index contributed by atoms with van der Waals surface area (Å²) in [6.45, 7) is 4.59. The Hall–Kier alpha value is -2.41. The largest absolute Gasteiger partial charge is 0.490 e. The first-order valence-corrected chi connectivity index (χ1v) is 10.6. The Morgan fingerprint density at radius 3 is 2.76 bits per heavy atom. The summed E-state index contributed by atoms with van der Waals surface area (Å²) in [5.41, 5.74) is 2.19. The molecule has 7 nitrogen and oxygen atoms in total. The van der Waals surface area contributed by atoms with Gasteiger partial charge in [0.25, 0.3) is 0 Å². The molecule has 2 aliphatic heterocycles. The highest BCUT2D eigenvalue weighted by atomic mass is 16.5. The van der Waals surface area contributed by atoms with Gasteiger partial charge in [0.15, 0.2) is 0 Å². The van der Waals surface area contributed by atoms with Gasteiger partial charge in [0.05, 0.1) is 17.1 Å². The van der Waals surface area contributed by atoms with Crippen molar-refractivity contribution in [1.82, 2.24) is 20.4 Å². The summed E-state index contributed by atoms with van der Waals surface area (Å²) >= 11 is 0. The molecule has 5 rings (SSSR count). The van der Waals surface area contributed by atoms with E-state index in [0.717, 1.165) is 41.9 Å². The molecule has 1 saturated carbocycles. The van der Waals surface area contributed by atoms with Crippen LogP contribution in [0.5, 0.6) is 5.75 Å². The molecule has 1 spiro atoms. The van der Waals surface area contributed by atoms with E-state index in [1.165, 1.54) is 12.8 Å². The van der Waals surface area contributed by atoms with E-state index in [1.54, 1.807) is 4.68 Å². The van der Waals surface area contributed by atoms with Gasteiger partial charge in [-0.1, -0.05) is 6.92 Å². The van der Waals surface area contributed by atoms with Crippen molar-refractivity contribution in [3.63, 3.8) is 0 Å². The Bertz CT molecular complexity index is 978. The van der Waals surface area contributed by atoms with Gasteiger partial charge in [0.1, 0.15) is 11.9 Å². The third-order valence-corrected chi connectivity index (χ3v) is 7.06. The first-order valence-electron chi connectivity index (χ1n) is 10.6. The van der Waals surface area contributed by atoms with E-state index in [-0.39, 0.29) is 23.8 Å². The van der Waals surface area contributed by atoms with Gasteiger partial charge in [-0.25, -0.2) is 0 Å². The van der Waals surface area contributed by atoms with Crippen LogP contribution in [0, 0.1) is 11.3 Å². The van der Waals surface area contributed by atoms with Crippen molar-refractivity contribution < 1.29 is 14.3 Å². The van der Waals surface area contributed by atoms with Gasteiger partial charge in [-0.3, -0.25) is 19.6 Å². The highest BCUT2D eigenvalue weighted by Gasteiger charge is 2.44. The van der Waals surface area contributed by atoms with Crippen molar-refractivity contribution in [3.05, 3.63) is 23.9 Å². The van der Waals surface area contributed by atoms with Gasteiger partial charge >= 0.3 is 0 Å². The van der Waals surface area contributed by atoms with E-state index in [9.17, 15) is 9.59 Å². The van der Waals surface area contributed by atoms with Crippen LogP contribution in [0.1, 0.15) is 50.6 Å². The van der Waals surface area contributed by atoms with Crippen molar-refractivity contribution in [2.75, 3.05) is 13.1 Å². The van der Waals surface area contributed by atoms with Crippen molar-refractivity contribution in [2.24, 2.45) is 18.4 Å². The van der Waals surface area contributed by atoms with Crippen LogP contribution in [0.2, 0.25) is 0 Å². The summed E-state index contributed by atoms with van der Waals surface area (Å²) in [5, 5.41) is 11.4. The van der Waals surface area contributed by atoms with Crippen LogP contribution in [0.15, 0.2) is 18.2 Å². The van der Waals surface area contributed by atoms with Crippen LogP contribution >= 0.6 is 0 Å². The number of nitrogens with zero attached hydrogens (tertiary/aromatic N) is 2. The number of carbonyl (C=O) groups is 2. The predicted octanol–water partition coefficient (Wildman–Crippen LogP) is 2.25. The smallest absolute Gasteiger partial charge is 0.235 e. The fraction of sp³-hybridized carbons (Fsp3) is 0.591. The summed E-state index contributed by atoms with van der Waals surface area (Å²) in [5.74, 6) is 0.552. The molecule has 154 valence electrons. The minimum Gasteiger partial charge on any atom is -0.490 e. The molecule has 2 N–H and O–H groups in total. The summed E-state index contributed by atoms with van der Waals surface area (Å²) in [6, 6.07) is 6.02. The molecule has 3 heterocycles. The highest BCUT2D eigenvalue weighted by molar-refractivity contribution is 6.02. The van der Waals surface area contributed by atoms with Crippen LogP contribution in [0.4, 0.5) is 0 Å². The number of aryl methyl sites for hydroxylation is 1. The molecule has 2 amide bonds. The topological polar surface area (TPSA) is 85.2 Å². The number of benzene rings is 1. The SMILES string of the molecule is C[C@H]1CC2(CC[C@H]1Oc1ccc3c(C4CCC(=O)NC4=O)nn(C)c3c1)CNC2. The Kier molecular flexibility index (Phi) is 4.38. The van der Waals surface area contributed by atoms with Gasteiger partial charge < -0.3 is 10.1 Å². The number of fused-ring (bicyclic) bond motifs is 1. The number of carbonyl (C=O) groups excluding carboxylic acids is 2. The van der Waals surface area contributed by atoms with Crippen LogP contribution in [-0.2, 0) is 16.6 Å². The van der Waals surface area contributed by atoms with Gasteiger partial charge in [0, 0.05) is 38.0 Å². The third kappa shape index (κ3) is 3.21. The summed E-state index contributed by atoms with van der Waals surface area (Å²) in [4.78, 5) is 23.8. The number of hydrogen-bond acceptors (Lipinski definition) is 5. The van der Waals surface area contributed by atoms with E-state index in [2.05, 4.69) is 22.7 Å². The maximum absolute atomic E-state index is 12.3. The molecule has 2 saturated heterocycles. The second kappa shape index (κ2) is 6.83. The molecule has 1 unspecified atom stereocenters. The van der Waals surface area contributed by atoms with Crippen molar-refractivity contribution in [2.45, 2.75) is 51.0 Å². The summed E-state index contributed by atoms with van der Waals surface area (Å²) in [7, 11) is 1.89. The van der Waals surface area contributed by atoms with Crippen molar-refractivity contribution in [3.8, 4) is 5.75 Å². The summed E-state index contributed by atoms with van der Waals surface area (Å²) < 4.78 is 8.20. The number of nitrogens with one attached hydrogen (secondary N) is 2. The normalized spacial score (nSPS) is 29.0. The lowest BCUT2D eigenvalue weighted by atomic mass is 9.65. The Morgan fingerprint density at radius 1 is 1.24 bits per heavy atom. The van der Waals surface area contributed by atoms with Crippen LogP contribution < -0.4 is 15.4 Å².